The summed E-state index contributed by atoms with van der Waals surface area (Å²) in [7, 11) is 0. The molecular formula is C15H23ClFN. The van der Waals surface area contributed by atoms with Gasteiger partial charge in [0.15, 0.2) is 0 Å². The van der Waals surface area contributed by atoms with Crippen molar-refractivity contribution in [2.45, 2.75) is 39.5 Å². The van der Waals surface area contributed by atoms with Crippen LogP contribution in [0.3, 0.4) is 0 Å². The fraction of sp³-hybridized carbons (Fsp3) is 0.600. The summed E-state index contributed by atoms with van der Waals surface area (Å²) in [5.74, 6) is 0.792. The van der Waals surface area contributed by atoms with Crippen LogP contribution in [-0.2, 0) is 5.88 Å². The maximum atomic E-state index is 14.0. The number of para-hydroxylation sites is 1. The standard InChI is InChI=1S/C15H23ClFN/c1-4-12(5-2)11-18(6-3)15-13(10-16)8-7-9-14(15)17/h7-9,12H,4-6,10-11H2,1-3H3. The van der Waals surface area contributed by atoms with E-state index < -0.39 is 0 Å². The SMILES string of the molecule is CCC(CC)CN(CC)c1c(F)cccc1CCl. The molecule has 1 aromatic carbocycles. The minimum Gasteiger partial charge on any atom is -0.369 e. The average molecular weight is 272 g/mol. The van der Waals surface area contributed by atoms with Gasteiger partial charge in [-0.3, -0.25) is 0 Å². The molecule has 0 spiro atoms. The molecule has 0 unspecified atom stereocenters. The Labute approximate surface area is 115 Å². The molecule has 0 aliphatic rings. The first kappa shape index (κ1) is 15.3. The van der Waals surface area contributed by atoms with Gasteiger partial charge >= 0.3 is 0 Å². The zero-order valence-electron chi connectivity index (χ0n) is 11.5. The summed E-state index contributed by atoms with van der Waals surface area (Å²) in [6.45, 7) is 8.14. The third-order valence-electron chi connectivity index (χ3n) is 3.55. The third-order valence-corrected chi connectivity index (χ3v) is 3.83. The third kappa shape index (κ3) is 3.61. The van der Waals surface area contributed by atoms with E-state index >= 15 is 0 Å². The highest BCUT2D eigenvalue weighted by molar-refractivity contribution is 6.17. The van der Waals surface area contributed by atoms with Crippen molar-refractivity contribution >= 4 is 17.3 Å². The maximum absolute atomic E-state index is 14.0. The molecule has 0 aliphatic heterocycles. The second kappa shape index (κ2) is 7.63. The summed E-state index contributed by atoms with van der Waals surface area (Å²) >= 11 is 5.92. The normalized spacial score (nSPS) is 11.0. The average Bonchev–Trinajstić information content (AvgIpc) is 2.41. The number of benzene rings is 1. The van der Waals surface area contributed by atoms with Crippen molar-refractivity contribution in [1.29, 1.82) is 0 Å². The van der Waals surface area contributed by atoms with E-state index in [4.69, 9.17) is 11.6 Å². The van der Waals surface area contributed by atoms with Crippen LogP contribution in [0.25, 0.3) is 0 Å². The second-order valence-electron chi connectivity index (χ2n) is 4.60. The zero-order valence-corrected chi connectivity index (χ0v) is 12.3. The van der Waals surface area contributed by atoms with E-state index in [0.29, 0.717) is 17.5 Å². The molecule has 0 aliphatic carbocycles. The van der Waals surface area contributed by atoms with E-state index in [1.54, 1.807) is 6.07 Å². The van der Waals surface area contributed by atoms with E-state index in [9.17, 15) is 4.39 Å². The van der Waals surface area contributed by atoms with Crippen LogP contribution in [0, 0.1) is 11.7 Å². The number of rotatable bonds is 7. The minimum absolute atomic E-state index is 0.166. The molecule has 0 radical (unpaired) electrons. The summed E-state index contributed by atoms with van der Waals surface area (Å²) in [6, 6.07) is 5.14. The van der Waals surface area contributed by atoms with Crippen LogP contribution < -0.4 is 4.90 Å². The smallest absolute Gasteiger partial charge is 0.146 e. The summed E-state index contributed by atoms with van der Waals surface area (Å²) in [6.07, 6.45) is 2.25. The first-order chi connectivity index (χ1) is 8.67. The lowest BCUT2D eigenvalue weighted by molar-refractivity contribution is 0.481. The van der Waals surface area contributed by atoms with Crippen LogP contribution in [0.4, 0.5) is 10.1 Å². The van der Waals surface area contributed by atoms with Crippen LogP contribution in [0.5, 0.6) is 0 Å². The van der Waals surface area contributed by atoms with Crippen molar-refractivity contribution in [3.05, 3.63) is 29.6 Å². The molecule has 18 heavy (non-hydrogen) atoms. The molecule has 0 heterocycles. The van der Waals surface area contributed by atoms with Gasteiger partial charge in [0.1, 0.15) is 5.82 Å². The molecule has 1 aromatic rings. The molecule has 3 heteroatoms. The summed E-state index contributed by atoms with van der Waals surface area (Å²) in [5, 5.41) is 0. The van der Waals surface area contributed by atoms with Gasteiger partial charge in [-0.1, -0.05) is 38.8 Å². The van der Waals surface area contributed by atoms with E-state index in [1.165, 1.54) is 6.07 Å². The molecule has 0 N–H and O–H groups in total. The minimum atomic E-state index is -0.166. The molecule has 1 nitrogen and oxygen atoms in total. The molecular weight excluding hydrogens is 249 g/mol. The lowest BCUT2D eigenvalue weighted by atomic mass is 10.0. The topological polar surface area (TPSA) is 3.24 Å². The molecule has 1 rings (SSSR count). The first-order valence-electron chi connectivity index (χ1n) is 6.76. The number of hydrogen-bond donors (Lipinski definition) is 0. The molecule has 0 aromatic heterocycles. The Balaban J connectivity index is 3.00. The molecule has 0 fully saturated rings. The van der Waals surface area contributed by atoms with Crippen LogP contribution >= 0.6 is 11.6 Å². The molecule has 0 bridgehead atoms. The summed E-state index contributed by atoms with van der Waals surface area (Å²) in [4.78, 5) is 2.12. The molecule has 0 saturated carbocycles. The predicted molar refractivity (Wildman–Crippen MR) is 77.9 cm³/mol. The number of anilines is 1. The molecule has 102 valence electrons. The zero-order chi connectivity index (χ0) is 13.5. The van der Waals surface area contributed by atoms with E-state index in [1.807, 2.05) is 6.07 Å². The predicted octanol–water partition coefficient (Wildman–Crippen LogP) is 4.83. The quantitative estimate of drug-likeness (QED) is 0.642. The van der Waals surface area contributed by atoms with Crippen LogP contribution in [-0.4, -0.2) is 13.1 Å². The maximum Gasteiger partial charge on any atom is 0.146 e. The molecule has 0 atom stereocenters. The van der Waals surface area contributed by atoms with Gasteiger partial charge in [-0.05, 0) is 24.5 Å². The monoisotopic (exact) mass is 271 g/mol. The van der Waals surface area contributed by atoms with Gasteiger partial charge in [-0.25, -0.2) is 4.39 Å². The van der Waals surface area contributed by atoms with Gasteiger partial charge in [-0.15, -0.1) is 11.6 Å². The summed E-state index contributed by atoms with van der Waals surface area (Å²) in [5.41, 5.74) is 1.56. The van der Waals surface area contributed by atoms with Crippen molar-refractivity contribution < 1.29 is 4.39 Å². The fourth-order valence-corrected chi connectivity index (χ4v) is 2.47. The van der Waals surface area contributed by atoms with Crippen molar-refractivity contribution in [1.82, 2.24) is 0 Å². The van der Waals surface area contributed by atoms with Gasteiger partial charge in [0, 0.05) is 19.0 Å². The molecule has 0 saturated heterocycles. The number of nitrogens with zero attached hydrogens (tertiary/aromatic N) is 1. The largest absolute Gasteiger partial charge is 0.369 e. The summed E-state index contributed by atoms with van der Waals surface area (Å²) < 4.78 is 14.0. The van der Waals surface area contributed by atoms with Crippen molar-refractivity contribution in [2.24, 2.45) is 5.92 Å². The highest BCUT2D eigenvalue weighted by atomic mass is 35.5. The van der Waals surface area contributed by atoms with Gasteiger partial charge in [0.05, 0.1) is 5.69 Å². The Morgan fingerprint density at radius 3 is 2.39 bits per heavy atom. The highest BCUT2D eigenvalue weighted by Gasteiger charge is 2.17. The lowest BCUT2D eigenvalue weighted by Gasteiger charge is -2.29. The Kier molecular flexibility index (Phi) is 6.48. The van der Waals surface area contributed by atoms with Gasteiger partial charge in [0.25, 0.3) is 0 Å². The van der Waals surface area contributed by atoms with Crippen LogP contribution in [0.1, 0.15) is 39.2 Å². The first-order valence-corrected chi connectivity index (χ1v) is 7.29. The number of alkyl halides is 1. The Bertz CT molecular complexity index is 364. The Hall–Kier alpha value is -0.760. The molecule has 0 amide bonds. The van der Waals surface area contributed by atoms with Gasteiger partial charge < -0.3 is 4.90 Å². The van der Waals surface area contributed by atoms with Crippen LogP contribution in [0.15, 0.2) is 18.2 Å². The van der Waals surface area contributed by atoms with Crippen molar-refractivity contribution in [3.8, 4) is 0 Å². The lowest BCUT2D eigenvalue weighted by Crippen LogP contribution is -2.30. The number of halogens is 2. The fourth-order valence-electron chi connectivity index (χ4n) is 2.26. The van der Waals surface area contributed by atoms with E-state index in [-0.39, 0.29) is 5.82 Å². The van der Waals surface area contributed by atoms with E-state index in [2.05, 4.69) is 25.7 Å². The Morgan fingerprint density at radius 2 is 1.89 bits per heavy atom. The van der Waals surface area contributed by atoms with E-state index in [0.717, 1.165) is 31.5 Å². The van der Waals surface area contributed by atoms with Crippen molar-refractivity contribution in [3.63, 3.8) is 0 Å². The number of hydrogen-bond acceptors (Lipinski definition) is 1. The second-order valence-corrected chi connectivity index (χ2v) is 4.87. The van der Waals surface area contributed by atoms with Gasteiger partial charge in [0.2, 0.25) is 0 Å². The van der Waals surface area contributed by atoms with Crippen molar-refractivity contribution in [2.75, 3.05) is 18.0 Å². The Morgan fingerprint density at radius 1 is 1.22 bits per heavy atom. The van der Waals surface area contributed by atoms with Crippen LogP contribution in [0.2, 0.25) is 0 Å². The van der Waals surface area contributed by atoms with Gasteiger partial charge in [-0.2, -0.15) is 0 Å². The highest BCUT2D eigenvalue weighted by Crippen LogP contribution is 2.27.